The summed E-state index contributed by atoms with van der Waals surface area (Å²) in [7, 11) is 0. The van der Waals surface area contributed by atoms with E-state index in [4.69, 9.17) is 0 Å². The van der Waals surface area contributed by atoms with E-state index in [-0.39, 0.29) is 12.2 Å². The Bertz CT molecular complexity index is 1510. The van der Waals surface area contributed by atoms with E-state index in [0.29, 0.717) is 11.3 Å². The number of para-hydroxylation sites is 3. The maximum Gasteiger partial charge on any atom is 0.325 e. The second-order valence-electron chi connectivity index (χ2n) is 9.34. The van der Waals surface area contributed by atoms with E-state index in [0.717, 1.165) is 21.4 Å². The van der Waals surface area contributed by atoms with Crippen molar-refractivity contribution in [3.8, 4) is 5.75 Å². The Labute approximate surface area is 206 Å². The monoisotopic (exact) mass is 481 g/mol. The van der Waals surface area contributed by atoms with Crippen LogP contribution in [-0.4, -0.2) is 38.5 Å². The summed E-state index contributed by atoms with van der Waals surface area (Å²) in [4.78, 5) is 45.0. The van der Waals surface area contributed by atoms with Gasteiger partial charge in [0, 0.05) is 35.1 Å². The number of carbonyl (C=O) groups excluding carboxylic acids is 2. The molecule has 0 unspecified atom stereocenters. The van der Waals surface area contributed by atoms with Gasteiger partial charge in [0.25, 0.3) is 0 Å². The number of nitrogens with zero attached hydrogens (tertiary/aromatic N) is 1. The summed E-state index contributed by atoms with van der Waals surface area (Å²) < 4.78 is 0. The predicted molar refractivity (Wildman–Crippen MR) is 132 cm³/mol. The fourth-order valence-electron chi connectivity index (χ4n) is 5.87. The minimum atomic E-state index is -1.78. The Morgan fingerprint density at radius 3 is 2.36 bits per heavy atom. The largest absolute Gasteiger partial charge is 0.508 e. The van der Waals surface area contributed by atoms with Crippen LogP contribution in [0.3, 0.4) is 0 Å². The molecule has 1 aromatic heterocycles. The van der Waals surface area contributed by atoms with Gasteiger partial charge in [0.2, 0.25) is 11.8 Å². The van der Waals surface area contributed by atoms with Crippen LogP contribution in [0, 0.1) is 11.8 Å². The Morgan fingerprint density at radius 2 is 1.61 bits per heavy atom. The molecule has 0 radical (unpaired) electrons. The molecule has 3 heterocycles. The Hall–Kier alpha value is -4.43. The number of aromatic nitrogens is 1. The number of carboxylic acid groups (broad SMARTS) is 1. The van der Waals surface area contributed by atoms with Crippen molar-refractivity contribution >= 4 is 34.4 Å². The van der Waals surface area contributed by atoms with Crippen LogP contribution in [0.2, 0.25) is 0 Å². The van der Waals surface area contributed by atoms with E-state index >= 15 is 0 Å². The number of H-pyrrole nitrogens is 1. The molecule has 2 saturated heterocycles. The number of aromatic amines is 1. The molecule has 180 valence electrons. The number of imide groups is 1. The molecule has 4 atom stereocenters. The minimum Gasteiger partial charge on any atom is -0.508 e. The van der Waals surface area contributed by atoms with E-state index < -0.39 is 41.2 Å². The number of phenolic OH excluding ortho intramolecular Hbond substituents is 1. The van der Waals surface area contributed by atoms with Crippen molar-refractivity contribution < 1.29 is 24.6 Å². The number of carboxylic acids is 1. The second kappa shape index (κ2) is 8.07. The normalized spacial score (nSPS) is 25.4. The third kappa shape index (κ3) is 3.08. The van der Waals surface area contributed by atoms with Crippen molar-refractivity contribution in [3.05, 3.63) is 96.2 Å². The molecule has 0 bridgehead atoms. The highest BCUT2D eigenvalue weighted by atomic mass is 16.4. The van der Waals surface area contributed by atoms with Gasteiger partial charge in [-0.1, -0.05) is 54.6 Å². The zero-order valence-corrected chi connectivity index (χ0v) is 19.1. The standard InChI is InChI=1S/C28H23N3O5/c32-21-13-7-5-11-19(21)24-22-23(26(34)31(25(22)33)17-8-2-1-3-9-17)28(30-24,27(35)36)14-16-15-29-20-12-6-4-10-18(16)20/h1-13,15,22-24,29-30,32H,14H2,(H,35,36)/t22-,23-,24-,28-/m0/s1. The van der Waals surface area contributed by atoms with Crippen LogP contribution in [0.15, 0.2) is 85.1 Å². The van der Waals surface area contributed by atoms with Gasteiger partial charge in [-0.15, -0.1) is 0 Å². The molecule has 2 amide bonds. The molecular formula is C28H23N3O5. The number of phenols is 1. The van der Waals surface area contributed by atoms with Gasteiger partial charge < -0.3 is 15.2 Å². The fraction of sp³-hybridized carbons (Fsp3) is 0.179. The van der Waals surface area contributed by atoms with E-state index in [1.165, 1.54) is 6.07 Å². The van der Waals surface area contributed by atoms with Crippen LogP contribution in [0.25, 0.3) is 10.9 Å². The first-order valence-corrected chi connectivity index (χ1v) is 11.7. The molecule has 8 heteroatoms. The summed E-state index contributed by atoms with van der Waals surface area (Å²) in [5.74, 6) is -4.53. The summed E-state index contributed by atoms with van der Waals surface area (Å²) in [5, 5.41) is 25.3. The first kappa shape index (κ1) is 22.1. The van der Waals surface area contributed by atoms with Crippen molar-refractivity contribution in [2.45, 2.75) is 18.0 Å². The number of carbonyl (C=O) groups is 3. The molecule has 2 aliphatic rings. The van der Waals surface area contributed by atoms with Crippen molar-refractivity contribution in [2.75, 3.05) is 4.90 Å². The molecule has 6 rings (SSSR count). The molecule has 3 aromatic carbocycles. The van der Waals surface area contributed by atoms with E-state index in [1.807, 2.05) is 24.3 Å². The molecule has 36 heavy (non-hydrogen) atoms. The lowest BCUT2D eigenvalue weighted by atomic mass is 9.76. The summed E-state index contributed by atoms with van der Waals surface area (Å²) in [6, 6.07) is 21.7. The minimum absolute atomic E-state index is 0.0285. The molecule has 2 aliphatic heterocycles. The van der Waals surface area contributed by atoms with Gasteiger partial charge in [-0.05, 0) is 29.8 Å². The molecule has 0 spiro atoms. The zero-order valence-electron chi connectivity index (χ0n) is 19.1. The molecular weight excluding hydrogens is 458 g/mol. The lowest BCUT2D eigenvalue weighted by molar-refractivity contribution is -0.148. The first-order chi connectivity index (χ1) is 17.4. The average Bonchev–Trinajstić information content (AvgIpc) is 3.52. The second-order valence-corrected chi connectivity index (χ2v) is 9.34. The first-order valence-electron chi connectivity index (χ1n) is 11.7. The maximum absolute atomic E-state index is 13.9. The summed E-state index contributed by atoms with van der Waals surface area (Å²) >= 11 is 0. The molecule has 4 aromatic rings. The highest BCUT2D eigenvalue weighted by Crippen LogP contribution is 2.52. The number of aromatic hydroxyl groups is 1. The highest BCUT2D eigenvalue weighted by molar-refractivity contribution is 6.24. The molecule has 4 N–H and O–H groups in total. The average molecular weight is 482 g/mol. The number of fused-ring (bicyclic) bond motifs is 2. The molecule has 2 fully saturated rings. The number of amides is 2. The van der Waals surface area contributed by atoms with Crippen LogP contribution in [0.4, 0.5) is 5.69 Å². The number of aliphatic carboxylic acids is 1. The molecule has 0 saturated carbocycles. The molecule has 8 nitrogen and oxygen atoms in total. The van der Waals surface area contributed by atoms with Crippen molar-refractivity contribution in [1.82, 2.24) is 10.3 Å². The quantitative estimate of drug-likeness (QED) is 0.324. The van der Waals surface area contributed by atoms with E-state index in [2.05, 4.69) is 10.3 Å². The smallest absolute Gasteiger partial charge is 0.325 e. The Morgan fingerprint density at radius 1 is 0.917 bits per heavy atom. The van der Waals surface area contributed by atoms with Gasteiger partial charge in [0.15, 0.2) is 0 Å². The van der Waals surface area contributed by atoms with Crippen molar-refractivity contribution in [3.63, 3.8) is 0 Å². The van der Waals surface area contributed by atoms with Crippen LogP contribution in [0.1, 0.15) is 17.2 Å². The third-order valence-corrected chi connectivity index (χ3v) is 7.47. The van der Waals surface area contributed by atoms with Gasteiger partial charge in [-0.2, -0.15) is 0 Å². The summed E-state index contributed by atoms with van der Waals surface area (Å²) in [6.45, 7) is 0. The van der Waals surface area contributed by atoms with Gasteiger partial charge in [-0.3, -0.25) is 19.7 Å². The van der Waals surface area contributed by atoms with E-state index in [1.54, 1.807) is 54.7 Å². The van der Waals surface area contributed by atoms with Gasteiger partial charge in [0.1, 0.15) is 11.3 Å². The SMILES string of the molecule is O=C1[C@H]2[C@@H](C(=O)N1c1ccccc1)[C@@](Cc1c[nH]c3ccccc13)(C(=O)O)N[C@H]2c1ccccc1O. The Kier molecular flexibility index (Phi) is 4.94. The Balaban J connectivity index is 1.53. The topological polar surface area (TPSA) is 123 Å². The third-order valence-electron chi connectivity index (χ3n) is 7.47. The van der Waals surface area contributed by atoms with Crippen molar-refractivity contribution in [2.24, 2.45) is 11.8 Å². The molecule has 0 aliphatic carbocycles. The highest BCUT2D eigenvalue weighted by Gasteiger charge is 2.69. The number of rotatable bonds is 5. The number of nitrogens with one attached hydrogen (secondary N) is 2. The fourth-order valence-corrected chi connectivity index (χ4v) is 5.87. The lowest BCUT2D eigenvalue weighted by Gasteiger charge is -2.31. The van der Waals surface area contributed by atoms with Crippen LogP contribution in [-0.2, 0) is 20.8 Å². The summed E-state index contributed by atoms with van der Waals surface area (Å²) in [6.07, 6.45) is 1.72. The van der Waals surface area contributed by atoms with Crippen LogP contribution < -0.4 is 10.2 Å². The lowest BCUT2D eigenvalue weighted by Crippen LogP contribution is -2.57. The van der Waals surface area contributed by atoms with Crippen LogP contribution in [0.5, 0.6) is 5.75 Å². The van der Waals surface area contributed by atoms with Gasteiger partial charge in [-0.25, -0.2) is 4.90 Å². The number of anilines is 1. The predicted octanol–water partition coefficient (Wildman–Crippen LogP) is 3.39. The van der Waals surface area contributed by atoms with Gasteiger partial charge in [0.05, 0.1) is 17.5 Å². The number of hydrogen-bond acceptors (Lipinski definition) is 5. The number of benzene rings is 3. The van der Waals surface area contributed by atoms with Gasteiger partial charge >= 0.3 is 5.97 Å². The maximum atomic E-state index is 13.9. The summed E-state index contributed by atoms with van der Waals surface area (Å²) in [5.41, 5.74) is 0.559. The van der Waals surface area contributed by atoms with Crippen LogP contribution >= 0.6 is 0 Å². The number of hydrogen-bond donors (Lipinski definition) is 4. The van der Waals surface area contributed by atoms with E-state index in [9.17, 15) is 24.6 Å². The zero-order chi connectivity index (χ0) is 25.0. The van der Waals surface area contributed by atoms with Crippen molar-refractivity contribution in [1.29, 1.82) is 0 Å².